The minimum absolute atomic E-state index is 0.130. The molecule has 1 nitrogen and oxygen atoms in total. The van der Waals surface area contributed by atoms with Crippen LogP contribution >= 0.6 is 27.7 Å². The van der Waals surface area contributed by atoms with E-state index in [-0.39, 0.29) is 10.4 Å². The number of nitrogens with one attached hydrogen (secondary N) is 1. The van der Waals surface area contributed by atoms with Crippen LogP contribution in [0.25, 0.3) is 0 Å². The lowest BCUT2D eigenvalue weighted by Crippen LogP contribution is -2.19. The molecule has 1 aliphatic rings. The monoisotopic (exact) mass is 339 g/mol. The van der Waals surface area contributed by atoms with Crippen molar-refractivity contribution >= 4 is 33.4 Å². The van der Waals surface area contributed by atoms with Crippen LogP contribution in [-0.2, 0) is 6.18 Å². The summed E-state index contributed by atoms with van der Waals surface area (Å²) in [5.74, 6) is 0. The van der Waals surface area contributed by atoms with Gasteiger partial charge in [-0.05, 0) is 37.3 Å². The van der Waals surface area contributed by atoms with Gasteiger partial charge in [0, 0.05) is 21.5 Å². The van der Waals surface area contributed by atoms with Crippen molar-refractivity contribution in [1.82, 2.24) is 0 Å². The third-order valence-electron chi connectivity index (χ3n) is 3.13. The average molecular weight is 340 g/mol. The highest BCUT2D eigenvalue weighted by molar-refractivity contribution is 9.10. The highest BCUT2D eigenvalue weighted by Gasteiger charge is 2.42. The number of anilines is 1. The Morgan fingerprint density at radius 2 is 2.06 bits per heavy atom. The van der Waals surface area contributed by atoms with Crippen LogP contribution < -0.4 is 5.32 Å². The Hall–Kier alpha value is -0.360. The van der Waals surface area contributed by atoms with Crippen molar-refractivity contribution in [3.8, 4) is 0 Å². The van der Waals surface area contributed by atoms with Gasteiger partial charge in [-0.1, -0.05) is 15.9 Å². The highest BCUT2D eigenvalue weighted by atomic mass is 79.9. The predicted molar refractivity (Wildman–Crippen MR) is 73.1 cm³/mol. The molecule has 1 aromatic rings. The lowest BCUT2D eigenvalue weighted by Gasteiger charge is -2.18. The van der Waals surface area contributed by atoms with Gasteiger partial charge in [-0.15, -0.1) is 0 Å². The largest absolute Gasteiger partial charge is 0.418 e. The van der Waals surface area contributed by atoms with E-state index < -0.39 is 11.7 Å². The Bertz CT molecular complexity index is 443. The minimum atomic E-state index is -4.32. The average Bonchev–Trinajstić information content (AvgIpc) is 3.05. The summed E-state index contributed by atoms with van der Waals surface area (Å²) in [6.07, 6.45) is -0.188. The van der Waals surface area contributed by atoms with Crippen molar-refractivity contribution in [3.05, 3.63) is 28.2 Å². The number of halogens is 4. The summed E-state index contributed by atoms with van der Waals surface area (Å²) in [6.45, 7) is 0.577. The van der Waals surface area contributed by atoms with E-state index in [4.69, 9.17) is 0 Å². The van der Waals surface area contributed by atoms with Gasteiger partial charge >= 0.3 is 6.18 Å². The van der Waals surface area contributed by atoms with Crippen molar-refractivity contribution in [1.29, 1.82) is 0 Å². The Morgan fingerprint density at radius 3 is 2.56 bits per heavy atom. The number of alkyl halides is 3. The topological polar surface area (TPSA) is 12.0 Å². The van der Waals surface area contributed by atoms with Crippen LogP contribution in [0.1, 0.15) is 18.4 Å². The van der Waals surface area contributed by atoms with Crippen LogP contribution in [0.3, 0.4) is 0 Å². The first-order valence-electron chi connectivity index (χ1n) is 5.52. The third kappa shape index (κ3) is 3.15. The molecule has 0 heterocycles. The molecule has 0 saturated heterocycles. The summed E-state index contributed by atoms with van der Waals surface area (Å²) in [5.41, 5.74) is -0.459. The fourth-order valence-corrected chi connectivity index (χ4v) is 2.85. The van der Waals surface area contributed by atoms with Gasteiger partial charge < -0.3 is 5.32 Å². The smallest absolute Gasteiger partial charge is 0.383 e. The first-order chi connectivity index (χ1) is 8.36. The van der Waals surface area contributed by atoms with E-state index in [1.807, 2.05) is 6.26 Å². The molecule has 18 heavy (non-hydrogen) atoms. The molecule has 0 unspecified atom stereocenters. The van der Waals surface area contributed by atoms with Crippen LogP contribution in [0.15, 0.2) is 22.7 Å². The maximum Gasteiger partial charge on any atom is 0.418 e. The van der Waals surface area contributed by atoms with Gasteiger partial charge in [-0.2, -0.15) is 24.9 Å². The Kier molecular flexibility index (Phi) is 3.88. The van der Waals surface area contributed by atoms with Crippen LogP contribution in [0.4, 0.5) is 18.9 Å². The zero-order valence-corrected chi connectivity index (χ0v) is 12.2. The summed E-state index contributed by atoms with van der Waals surface area (Å²) in [7, 11) is 0. The lowest BCUT2D eigenvalue weighted by atomic mass is 10.1. The summed E-state index contributed by atoms with van der Waals surface area (Å²) < 4.78 is 39.3. The van der Waals surface area contributed by atoms with Crippen molar-refractivity contribution < 1.29 is 13.2 Å². The summed E-state index contributed by atoms with van der Waals surface area (Å²) >= 11 is 4.92. The van der Waals surface area contributed by atoms with Crippen molar-refractivity contribution in [2.24, 2.45) is 0 Å². The zero-order valence-electron chi connectivity index (χ0n) is 9.77. The first-order valence-corrected chi connectivity index (χ1v) is 7.54. The van der Waals surface area contributed by atoms with Crippen LogP contribution in [0, 0.1) is 0 Å². The van der Waals surface area contributed by atoms with Crippen LogP contribution in [0.2, 0.25) is 0 Å². The van der Waals surface area contributed by atoms with E-state index in [1.165, 1.54) is 12.1 Å². The van der Waals surface area contributed by atoms with Gasteiger partial charge in [-0.25, -0.2) is 0 Å². The van der Waals surface area contributed by atoms with Crippen molar-refractivity contribution in [2.75, 3.05) is 18.1 Å². The van der Waals surface area contributed by atoms with E-state index in [9.17, 15) is 13.2 Å². The molecule has 0 amide bonds. The molecular formula is C12H13BrF3NS. The minimum Gasteiger partial charge on any atom is -0.383 e. The summed E-state index contributed by atoms with van der Waals surface area (Å²) in [6, 6.07) is 4.00. The highest BCUT2D eigenvalue weighted by Crippen LogP contribution is 2.47. The number of benzene rings is 1. The SMILES string of the molecule is CSC1(CNc2cc(Br)ccc2C(F)(F)F)CC1. The van der Waals surface area contributed by atoms with Gasteiger partial charge in [0.1, 0.15) is 0 Å². The molecule has 0 radical (unpaired) electrons. The molecule has 1 saturated carbocycles. The number of hydrogen-bond donors (Lipinski definition) is 1. The quantitative estimate of drug-likeness (QED) is 0.847. The van der Waals surface area contributed by atoms with Crippen molar-refractivity contribution in [3.63, 3.8) is 0 Å². The molecule has 0 atom stereocenters. The number of hydrogen-bond acceptors (Lipinski definition) is 2. The van der Waals surface area contributed by atoms with E-state index in [0.29, 0.717) is 11.0 Å². The molecule has 1 aliphatic carbocycles. The molecule has 1 aromatic carbocycles. The first kappa shape index (κ1) is 14.1. The maximum absolute atomic E-state index is 12.8. The van der Waals surface area contributed by atoms with Crippen LogP contribution in [-0.4, -0.2) is 17.5 Å². The second kappa shape index (κ2) is 4.96. The van der Waals surface area contributed by atoms with E-state index in [1.54, 1.807) is 11.8 Å². The molecule has 0 aromatic heterocycles. The molecule has 1 N–H and O–H groups in total. The maximum atomic E-state index is 12.8. The normalized spacial score (nSPS) is 17.6. The van der Waals surface area contributed by atoms with Gasteiger partial charge in [0.2, 0.25) is 0 Å². The molecular weight excluding hydrogens is 327 g/mol. The molecule has 100 valence electrons. The van der Waals surface area contributed by atoms with E-state index in [0.717, 1.165) is 18.9 Å². The van der Waals surface area contributed by atoms with Gasteiger partial charge in [-0.3, -0.25) is 0 Å². The summed E-state index contributed by atoms with van der Waals surface area (Å²) in [4.78, 5) is 0. The van der Waals surface area contributed by atoms with Crippen LogP contribution in [0.5, 0.6) is 0 Å². The zero-order chi connectivity index (χ0) is 13.4. The predicted octanol–water partition coefficient (Wildman–Crippen LogP) is 4.78. The Labute approximate surface area is 117 Å². The van der Waals surface area contributed by atoms with Crippen molar-refractivity contribution in [2.45, 2.75) is 23.8 Å². The van der Waals surface area contributed by atoms with Gasteiger partial charge in [0.25, 0.3) is 0 Å². The number of rotatable bonds is 4. The molecule has 0 aliphatic heterocycles. The van der Waals surface area contributed by atoms with Gasteiger partial charge in [0.05, 0.1) is 5.56 Å². The second-order valence-corrected chi connectivity index (χ2v) is 6.62. The van der Waals surface area contributed by atoms with E-state index >= 15 is 0 Å². The Morgan fingerprint density at radius 1 is 1.39 bits per heavy atom. The van der Waals surface area contributed by atoms with E-state index in [2.05, 4.69) is 21.2 Å². The molecule has 1 fully saturated rings. The third-order valence-corrected chi connectivity index (χ3v) is 5.04. The fourth-order valence-electron chi connectivity index (χ4n) is 1.76. The van der Waals surface area contributed by atoms with Gasteiger partial charge in [0.15, 0.2) is 0 Å². The number of thioether (sulfide) groups is 1. The second-order valence-electron chi connectivity index (χ2n) is 4.43. The lowest BCUT2D eigenvalue weighted by molar-refractivity contribution is -0.137. The Balaban J connectivity index is 2.18. The molecule has 6 heteroatoms. The standard InChI is InChI=1S/C12H13BrF3NS/c1-18-11(4-5-11)7-17-10-6-8(13)2-3-9(10)12(14,15)16/h2-3,6,17H,4-5,7H2,1H3. The molecule has 0 spiro atoms. The molecule has 2 rings (SSSR count). The summed E-state index contributed by atoms with van der Waals surface area (Å²) in [5, 5.41) is 2.94. The molecule has 0 bridgehead atoms. The fraction of sp³-hybridized carbons (Fsp3) is 0.500.